The third-order valence-corrected chi connectivity index (χ3v) is 4.64. The number of carbonyl (C=O) groups excluding carboxylic acids is 1. The minimum absolute atomic E-state index is 0.0474. The van der Waals surface area contributed by atoms with Gasteiger partial charge in [-0.1, -0.05) is 19.3 Å². The summed E-state index contributed by atoms with van der Waals surface area (Å²) in [5.74, 6) is -1.12. The van der Waals surface area contributed by atoms with Crippen LogP contribution in [0.15, 0.2) is 29.6 Å². The number of nitrogens with zero attached hydrogens (tertiary/aromatic N) is 3. The molecule has 1 fully saturated rings. The van der Waals surface area contributed by atoms with Gasteiger partial charge in [-0.15, -0.1) is 0 Å². The molecule has 130 valence electrons. The number of rotatable bonds is 2. The van der Waals surface area contributed by atoms with Crippen molar-refractivity contribution >= 4 is 11.6 Å². The number of aromatic nitrogens is 1. The molecule has 24 heavy (non-hydrogen) atoms. The highest BCUT2D eigenvalue weighted by molar-refractivity contribution is 5.98. The number of alkyl halides is 3. The Bertz CT molecular complexity index is 642. The Morgan fingerprint density at radius 1 is 1.29 bits per heavy atom. The summed E-state index contributed by atoms with van der Waals surface area (Å²) in [6.45, 7) is 0. The summed E-state index contributed by atoms with van der Waals surface area (Å²) >= 11 is 0. The van der Waals surface area contributed by atoms with Crippen molar-refractivity contribution in [2.24, 2.45) is 11.0 Å². The van der Waals surface area contributed by atoms with Crippen LogP contribution in [0.2, 0.25) is 0 Å². The number of hydrogen-bond donors (Lipinski definition) is 1. The summed E-state index contributed by atoms with van der Waals surface area (Å²) in [6, 6.07) is 2.79. The fraction of sp³-hybridized carbons (Fsp3) is 0.562. The molecule has 1 aliphatic heterocycles. The van der Waals surface area contributed by atoms with Crippen molar-refractivity contribution in [3.63, 3.8) is 0 Å². The van der Waals surface area contributed by atoms with Crippen LogP contribution in [0.4, 0.5) is 13.2 Å². The zero-order chi connectivity index (χ0) is 17.4. The highest BCUT2D eigenvalue weighted by atomic mass is 19.4. The van der Waals surface area contributed by atoms with E-state index in [-0.39, 0.29) is 22.2 Å². The SMILES string of the molecule is O=C(c1cccnc1)N1N=C(C2CCCCC2)C[C@@]1(O)C(F)(F)F. The maximum Gasteiger partial charge on any atom is 0.438 e. The number of amides is 1. The number of hydrogen-bond acceptors (Lipinski definition) is 4. The van der Waals surface area contributed by atoms with Crippen LogP contribution >= 0.6 is 0 Å². The molecule has 1 aromatic rings. The topological polar surface area (TPSA) is 65.8 Å². The number of carbonyl (C=O) groups is 1. The largest absolute Gasteiger partial charge is 0.438 e. The van der Waals surface area contributed by atoms with Gasteiger partial charge >= 0.3 is 6.18 Å². The van der Waals surface area contributed by atoms with Gasteiger partial charge in [-0.2, -0.15) is 23.3 Å². The van der Waals surface area contributed by atoms with Gasteiger partial charge in [-0.05, 0) is 30.9 Å². The van der Waals surface area contributed by atoms with E-state index in [1.165, 1.54) is 18.3 Å². The van der Waals surface area contributed by atoms with Crippen LogP contribution in [0.1, 0.15) is 48.9 Å². The van der Waals surface area contributed by atoms with Crippen LogP contribution in [0.3, 0.4) is 0 Å². The van der Waals surface area contributed by atoms with Crippen molar-refractivity contribution < 1.29 is 23.1 Å². The molecular weight excluding hydrogens is 323 g/mol. The first kappa shape index (κ1) is 16.9. The lowest BCUT2D eigenvalue weighted by Crippen LogP contribution is -2.56. The Labute approximate surface area is 137 Å². The van der Waals surface area contributed by atoms with E-state index < -0.39 is 24.2 Å². The lowest BCUT2D eigenvalue weighted by atomic mass is 9.83. The van der Waals surface area contributed by atoms with Gasteiger partial charge in [0.2, 0.25) is 0 Å². The summed E-state index contributed by atoms with van der Waals surface area (Å²) in [4.78, 5) is 16.2. The predicted molar refractivity (Wildman–Crippen MR) is 80.0 cm³/mol. The quantitative estimate of drug-likeness (QED) is 0.899. The van der Waals surface area contributed by atoms with Crippen molar-refractivity contribution in [1.29, 1.82) is 0 Å². The molecule has 1 atom stereocenters. The van der Waals surface area contributed by atoms with Crippen LogP contribution in [-0.2, 0) is 0 Å². The second kappa shape index (κ2) is 6.16. The highest BCUT2D eigenvalue weighted by Crippen LogP contribution is 2.43. The van der Waals surface area contributed by atoms with E-state index in [9.17, 15) is 23.1 Å². The predicted octanol–water partition coefficient (Wildman–Crippen LogP) is 3.11. The van der Waals surface area contributed by atoms with Crippen molar-refractivity contribution in [3.05, 3.63) is 30.1 Å². The summed E-state index contributed by atoms with van der Waals surface area (Å²) < 4.78 is 40.4. The monoisotopic (exact) mass is 341 g/mol. The van der Waals surface area contributed by atoms with Crippen LogP contribution in [0, 0.1) is 5.92 Å². The zero-order valence-corrected chi connectivity index (χ0v) is 13.0. The minimum atomic E-state index is -5.00. The van der Waals surface area contributed by atoms with Gasteiger partial charge in [-0.3, -0.25) is 9.78 Å². The smallest absolute Gasteiger partial charge is 0.362 e. The fourth-order valence-electron chi connectivity index (χ4n) is 3.28. The lowest BCUT2D eigenvalue weighted by molar-refractivity contribution is -0.297. The van der Waals surface area contributed by atoms with E-state index in [0.717, 1.165) is 38.3 Å². The van der Waals surface area contributed by atoms with E-state index in [0.29, 0.717) is 0 Å². The van der Waals surface area contributed by atoms with Crippen LogP contribution in [0.5, 0.6) is 0 Å². The second-order valence-corrected chi connectivity index (χ2v) is 6.28. The van der Waals surface area contributed by atoms with Crippen LogP contribution < -0.4 is 0 Å². The number of aliphatic hydroxyl groups is 1. The van der Waals surface area contributed by atoms with Crippen molar-refractivity contribution in [1.82, 2.24) is 9.99 Å². The second-order valence-electron chi connectivity index (χ2n) is 6.28. The van der Waals surface area contributed by atoms with E-state index in [1.54, 1.807) is 0 Å². The number of hydrazone groups is 1. The molecule has 1 N–H and O–H groups in total. The molecule has 2 aliphatic rings. The molecule has 1 amide bonds. The van der Waals surface area contributed by atoms with Gasteiger partial charge in [-0.25, -0.2) is 0 Å². The van der Waals surface area contributed by atoms with Gasteiger partial charge < -0.3 is 5.11 Å². The Hall–Kier alpha value is -1.96. The van der Waals surface area contributed by atoms with E-state index in [1.807, 2.05) is 0 Å². The molecule has 5 nitrogen and oxygen atoms in total. The maximum absolute atomic E-state index is 13.5. The number of pyridine rings is 1. The van der Waals surface area contributed by atoms with Crippen LogP contribution in [-0.4, -0.2) is 38.6 Å². The van der Waals surface area contributed by atoms with Gasteiger partial charge in [0.25, 0.3) is 11.6 Å². The molecule has 0 aromatic carbocycles. The third kappa shape index (κ3) is 2.90. The van der Waals surface area contributed by atoms with E-state index in [4.69, 9.17) is 0 Å². The minimum Gasteiger partial charge on any atom is -0.362 e. The van der Waals surface area contributed by atoms with Gasteiger partial charge in [0.15, 0.2) is 0 Å². The Balaban J connectivity index is 1.94. The lowest BCUT2D eigenvalue weighted by Gasteiger charge is -2.32. The average molecular weight is 341 g/mol. The summed E-state index contributed by atoms with van der Waals surface area (Å²) in [7, 11) is 0. The zero-order valence-electron chi connectivity index (χ0n) is 13.0. The summed E-state index contributed by atoms with van der Waals surface area (Å²) in [5.41, 5.74) is -3.09. The molecule has 1 saturated carbocycles. The van der Waals surface area contributed by atoms with Gasteiger partial charge in [0.05, 0.1) is 5.56 Å². The number of halogens is 3. The van der Waals surface area contributed by atoms with Gasteiger partial charge in [0.1, 0.15) is 0 Å². The first-order valence-electron chi connectivity index (χ1n) is 7.94. The molecule has 0 unspecified atom stereocenters. The standard InChI is InChI=1S/C16H18F3N3O2/c17-16(18,19)15(24)9-13(11-5-2-1-3-6-11)21-22(15)14(23)12-7-4-8-20-10-12/h4,7-8,10-11,24H,1-3,5-6,9H2/t15-/m1/s1. The average Bonchev–Trinajstić information content (AvgIpc) is 2.95. The third-order valence-electron chi connectivity index (χ3n) is 4.64. The molecule has 3 rings (SSSR count). The molecular formula is C16H18F3N3O2. The Kier molecular flexibility index (Phi) is 4.33. The van der Waals surface area contributed by atoms with Gasteiger partial charge in [0, 0.05) is 24.5 Å². The van der Waals surface area contributed by atoms with Crippen molar-refractivity contribution in [2.45, 2.75) is 50.4 Å². The Morgan fingerprint density at radius 3 is 2.58 bits per heavy atom. The molecule has 8 heteroatoms. The molecule has 0 radical (unpaired) electrons. The highest BCUT2D eigenvalue weighted by Gasteiger charge is 2.63. The molecule has 2 heterocycles. The normalized spacial score (nSPS) is 25.7. The first-order valence-corrected chi connectivity index (χ1v) is 7.94. The Morgan fingerprint density at radius 2 is 2.00 bits per heavy atom. The maximum atomic E-state index is 13.5. The van der Waals surface area contributed by atoms with E-state index in [2.05, 4.69) is 10.1 Å². The first-order chi connectivity index (χ1) is 11.3. The summed E-state index contributed by atoms with van der Waals surface area (Å²) in [5, 5.41) is 14.4. The molecule has 1 aliphatic carbocycles. The van der Waals surface area contributed by atoms with Crippen LogP contribution in [0.25, 0.3) is 0 Å². The summed E-state index contributed by atoms with van der Waals surface area (Å²) in [6.07, 6.45) is 1.25. The molecule has 0 saturated heterocycles. The van der Waals surface area contributed by atoms with Crippen molar-refractivity contribution in [3.8, 4) is 0 Å². The van der Waals surface area contributed by atoms with E-state index >= 15 is 0 Å². The molecule has 1 aromatic heterocycles. The van der Waals surface area contributed by atoms with Crippen molar-refractivity contribution in [2.75, 3.05) is 0 Å². The molecule has 0 spiro atoms. The fourth-order valence-corrected chi connectivity index (χ4v) is 3.28. The molecule has 0 bridgehead atoms.